The molecule has 0 aromatic carbocycles. The highest BCUT2D eigenvalue weighted by atomic mass is 16.6. The summed E-state index contributed by atoms with van der Waals surface area (Å²) in [5.41, 5.74) is -1.59. The number of allylic oxidation sites excluding steroid dienone is 2. The van der Waals surface area contributed by atoms with Crippen LogP contribution in [0, 0.1) is 5.41 Å². The first-order chi connectivity index (χ1) is 10.5. The maximum absolute atomic E-state index is 10.9. The molecule has 0 saturated carbocycles. The summed E-state index contributed by atoms with van der Waals surface area (Å²) < 4.78 is 5.41. The summed E-state index contributed by atoms with van der Waals surface area (Å²) >= 11 is 0. The molecule has 23 heavy (non-hydrogen) atoms. The van der Waals surface area contributed by atoms with Gasteiger partial charge in [0.15, 0.2) is 0 Å². The number of hydrogen-bond donors (Lipinski definition) is 6. The fourth-order valence-electron chi connectivity index (χ4n) is 2.93. The molecule has 0 amide bonds. The van der Waals surface area contributed by atoms with Crippen LogP contribution in [0.1, 0.15) is 20.8 Å². The molecule has 2 rings (SSSR count). The quantitative estimate of drug-likeness (QED) is 0.362. The van der Waals surface area contributed by atoms with Crippen LogP contribution >= 0.6 is 0 Å². The average Bonchev–Trinajstić information content (AvgIpc) is 2.47. The molecule has 1 aliphatic carbocycles. The zero-order valence-corrected chi connectivity index (χ0v) is 13.5. The SMILES string of the molecule is CC(C)(C)C1=CC(O)([C@@H]2O[C@H](CO)[C@@H](O)[C@H](O)[C@H]2O)C(O)C=C1. The Kier molecular flexibility index (Phi) is 5.04. The van der Waals surface area contributed by atoms with Gasteiger partial charge in [-0.1, -0.05) is 32.9 Å². The molecule has 2 unspecified atom stereocenters. The van der Waals surface area contributed by atoms with Crippen molar-refractivity contribution in [3.05, 3.63) is 23.8 Å². The highest BCUT2D eigenvalue weighted by molar-refractivity contribution is 5.37. The van der Waals surface area contributed by atoms with Crippen molar-refractivity contribution in [2.24, 2.45) is 5.41 Å². The molecule has 7 nitrogen and oxygen atoms in total. The van der Waals surface area contributed by atoms with Crippen molar-refractivity contribution in [3.8, 4) is 0 Å². The lowest BCUT2D eigenvalue weighted by atomic mass is 9.74. The molecule has 2 aliphatic rings. The van der Waals surface area contributed by atoms with Gasteiger partial charge >= 0.3 is 0 Å². The van der Waals surface area contributed by atoms with E-state index in [1.54, 1.807) is 6.08 Å². The molecule has 0 aromatic heterocycles. The maximum atomic E-state index is 10.9. The van der Waals surface area contributed by atoms with Crippen molar-refractivity contribution in [3.63, 3.8) is 0 Å². The first kappa shape index (κ1) is 18.5. The van der Waals surface area contributed by atoms with Crippen LogP contribution in [0.15, 0.2) is 23.8 Å². The number of rotatable bonds is 2. The van der Waals surface area contributed by atoms with E-state index in [1.165, 1.54) is 12.2 Å². The second kappa shape index (κ2) is 6.25. The Balaban J connectivity index is 2.40. The van der Waals surface area contributed by atoms with Gasteiger partial charge in [0.25, 0.3) is 0 Å². The zero-order valence-electron chi connectivity index (χ0n) is 13.5. The predicted octanol–water partition coefficient (Wildman–Crippen LogP) is -1.54. The topological polar surface area (TPSA) is 131 Å². The largest absolute Gasteiger partial charge is 0.394 e. The van der Waals surface area contributed by atoms with Gasteiger partial charge in [-0.3, -0.25) is 0 Å². The van der Waals surface area contributed by atoms with Gasteiger partial charge in [-0.15, -0.1) is 0 Å². The van der Waals surface area contributed by atoms with Crippen LogP contribution in [0.25, 0.3) is 0 Å². The van der Waals surface area contributed by atoms with Gasteiger partial charge in [-0.2, -0.15) is 0 Å². The second-order valence-corrected chi connectivity index (χ2v) is 7.29. The van der Waals surface area contributed by atoms with Crippen LogP contribution in [0.5, 0.6) is 0 Å². The van der Waals surface area contributed by atoms with Crippen LogP contribution in [-0.2, 0) is 4.74 Å². The van der Waals surface area contributed by atoms with Gasteiger partial charge < -0.3 is 35.4 Å². The lowest BCUT2D eigenvalue weighted by Gasteiger charge is -2.48. The van der Waals surface area contributed by atoms with Gasteiger partial charge in [0, 0.05) is 0 Å². The summed E-state index contributed by atoms with van der Waals surface area (Å²) in [6.07, 6.45) is -4.19. The van der Waals surface area contributed by atoms with Gasteiger partial charge in [-0.05, 0) is 17.1 Å². The number of aliphatic hydroxyl groups is 6. The van der Waals surface area contributed by atoms with E-state index in [0.717, 1.165) is 5.57 Å². The van der Waals surface area contributed by atoms with Crippen molar-refractivity contribution in [2.45, 2.75) is 63.0 Å². The van der Waals surface area contributed by atoms with Crippen LogP contribution in [0.3, 0.4) is 0 Å². The van der Waals surface area contributed by atoms with E-state index in [2.05, 4.69) is 0 Å². The monoisotopic (exact) mass is 330 g/mol. The molecular weight excluding hydrogens is 304 g/mol. The first-order valence-electron chi connectivity index (χ1n) is 7.65. The second-order valence-electron chi connectivity index (χ2n) is 7.29. The Bertz CT molecular complexity index is 493. The molecule has 0 aromatic rings. The summed E-state index contributed by atoms with van der Waals surface area (Å²) in [6, 6.07) is 0. The molecule has 1 saturated heterocycles. The van der Waals surface area contributed by atoms with Crippen LogP contribution < -0.4 is 0 Å². The molecule has 7 atom stereocenters. The van der Waals surface area contributed by atoms with E-state index < -0.39 is 48.8 Å². The number of ether oxygens (including phenoxy) is 1. The minimum absolute atomic E-state index is 0.321. The molecule has 6 N–H and O–H groups in total. The van der Waals surface area contributed by atoms with E-state index in [0.29, 0.717) is 0 Å². The standard InChI is InChI=1S/C16H26O7/c1-15(2,3)8-4-5-10(18)16(22,6-8)14-13(21)12(20)11(19)9(7-17)23-14/h4-6,9-14,17-22H,7H2,1-3H3/t9-,10?,11-,12+,13-,14-,16?/m1/s1. The van der Waals surface area contributed by atoms with E-state index in [9.17, 15) is 30.6 Å². The van der Waals surface area contributed by atoms with Gasteiger partial charge in [0.2, 0.25) is 0 Å². The molecule has 0 bridgehead atoms. The minimum atomic E-state index is -1.99. The summed E-state index contributed by atoms with van der Waals surface area (Å²) in [7, 11) is 0. The zero-order chi connectivity index (χ0) is 17.6. The lowest BCUT2D eigenvalue weighted by Crippen LogP contribution is -2.67. The van der Waals surface area contributed by atoms with Crippen molar-refractivity contribution in [1.29, 1.82) is 0 Å². The van der Waals surface area contributed by atoms with E-state index in [-0.39, 0.29) is 5.41 Å². The molecule has 1 heterocycles. The molecule has 1 aliphatic heterocycles. The normalized spacial score (nSPS) is 45.0. The molecule has 0 radical (unpaired) electrons. The summed E-state index contributed by atoms with van der Waals surface area (Å²) in [4.78, 5) is 0. The highest BCUT2D eigenvalue weighted by Gasteiger charge is 2.54. The number of hydrogen-bond acceptors (Lipinski definition) is 7. The van der Waals surface area contributed by atoms with Crippen LogP contribution in [0.2, 0.25) is 0 Å². The Morgan fingerprint density at radius 3 is 2.22 bits per heavy atom. The minimum Gasteiger partial charge on any atom is -0.394 e. The highest BCUT2D eigenvalue weighted by Crippen LogP contribution is 2.38. The van der Waals surface area contributed by atoms with E-state index >= 15 is 0 Å². The molecule has 1 fully saturated rings. The third-order valence-electron chi connectivity index (χ3n) is 4.53. The third kappa shape index (κ3) is 3.23. The van der Waals surface area contributed by atoms with Crippen molar-refractivity contribution < 1.29 is 35.4 Å². The molecular formula is C16H26O7. The Morgan fingerprint density at radius 2 is 1.70 bits per heavy atom. The average molecular weight is 330 g/mol. The van der Waals surface area contributed by atoms with E-state index in [4.69, 9.17) is 4.74 Å². The lowest BCUT2D eigenvalue weighted by molar-refractivity contribution is -0.271. The van der Waals surface area contributed by atoms with Crippen LogP contribution in [-0.4, -0.2) is 79.5 Å². The molecule has 7 heteroatoms. The van der Waals surface area contributed by atoms with Crippen molar-refractivity contribution >= 4 is 0 Å². The van der Waals surface area contributed by atoms with Crippen molar-refractivity contribution in [2.75, 3.05) is 6.61 Å². The summed E-state index contributed by atoms with van der Waals surface area (Å²) in [5.74, 6) is 0. The van der Waals surface area contributed by atoms with E-state index in [1.807, 2.05) is 20.8 Å². The molecule has 0 spiro atoms. The Morgan fingerprint density at radius 1 is 1.09 bits per heavy atom. The Labute approximate surface area is 135 Å². The third-order valence-corrected chi connectivity index (χ3v) is 4.53. The predicted molar refractivity (Wildman–Crippen MR) is 81.4 cm³/mol. The maximum Gasteiger partial charge on any atom is 0.141 e. The van der Waals surface area contributed by atoms with Gasteiger partial charge in [0.05, 0.1) is 6.61 Å². The molecule has 132 valence electrons. The van der Waals surface area contributed by atoms with Crippen LogP contribution in [0.4, 0.5) is 0 Å². The summed E-state index contributed by atoms with van der Waals surface area (Å²) in [6.45, 7) is 5.18. The van der Waals surface area contributed by atoms with Gasteiger partial charge in [0.1, 0.15) is 42.2 Å². The Hall–Kier alpha value is -0.800. The fourth-order valence-corrected chi connectivity index (χ4v) is 2.93. The fraction of sp³-hybridized carbons (Fsp3) is 0.750. The summed E-state index contributed by atoms with van der Waals surface area (Å²) in [5, 5.41) is 60.4. The van der Waals surface area contributed by atoms with Gasteiger partial charge in [-0.25, -0.2) is 0 Å². The smallest absolute Gasteiger partial charge is 0.141 e. The van der Waals surface area contributed by atoms with Crippen molar-refractivity contribution in [1.82, 2.24) is 0 Å². The number of aliphatic hydroxyl groups excluding tert-OH is 5. The first-order valence-corrected chi connectivity index (χ1v) is 7.65.